The van der Waals surface area contributed by atoms with Crippen LogP contribution in [0.25, 0.3) is 33.5 Å². The zero-order chi connectivity index (χ0) is 27.1. The number of methoxy groups -OCH3 is 2. The molecule has 1 aromatic carbocycles. The Labute approximate surface area is 225 Å². The van der Waals surface area contributed by atoms with Gasteiger partial charge in [0.2, 0.25) is 5.88 Å². The van der Waals surface area contributed by atoms with Gasteiger partial charge >= 0.3 is 0 Å². The van der Waals surface area contributed by atoms with Crippen molar-refractivity contribution in [1.82, 2.24) is 29.9 Å². The predicted octanol–water partition coefficient (Wildman–Crippen LogP) is 5.43. The van der Waals surface area contributed by atoms with Crippen LogP contribution in [-0.2, 0) is 5.41 Å². The van der Waals surface area contributed by atoms with Gasteiger partial charge in [-0.15, -0.1) is 0 Å². The molecule has 0 bridgehead atoms. The molecule has 1 aliphatic rings. The number of hydrogen-bond donors (Lipinski definition) is 2. The normalized spacial score (nSPS) is 15.1. The van der Waals surface area contributed by atoms with Crippen LogP contribution in [0, 0.1) is 12.7 Å². The van der Waals surface area contributed by atoms with Gasteiger partial charge in [0.1, 0.15) is 23.6 Å². The summed E-state index contributed by atoms with van der Waals surface area (Å²) in [6.45, 7) is 5.83. The summed E-state index contributed by atoms with van der Waals surface area (Å²) in [5.41, 5.74) is 4.96. The van der Waals surface area contributed by atoms with E-state index < -0.39 is 5.82 Å². The van der Waals surface area contributed by atoms with Crippen molar-refractivity contribution in [1.29, 1.82) is 0 Å². The molecule has 0 atom stereocenters. The van der Waals surface area contributed by atoms with E-state index in [0.29, 0.717) is 5.88 Å². The Bertz CT molecular complexity index is 1640. The van der Waals surface area contributed by atoms with Crippen LogP contribution in [0.15, 0.2) is 48.9 Å². The molecule has 200 valence electrons. The van der Waals surface area contributed by atoms with E-state index in [9.17, 15) is 4.39 Å². The Morgan fingerprint density at radius 2 is 1.74 bits per heavy atom. The quantitative estimate of drug-likeness (QED) is 0.303. The lowest BCUT2D eigenvalue weighted by atomic mass is 9.79. The summed E-state index contributed by atoms with van der Waals surface area (Å²) < 4.78 is 24.6. The number of nitrogens with zero attached hydrogens (tertiary/aromatic N) is 5. The van der Waals surface area contributed by atoms with Crippen molar-refractivity contribution in [2.75, 3.05) is 32.2 Å². The number of imidazole rings is 1. The zero-order valence-electron chi connectivity index (χ0n) is 22.4. The van der Waals surface area contributed by atoms with Crippen LogP contribution in [0.5, 0.6) is 11.6 Å². The number of pyridine rings is 1. The molecule has 0 saturated carbocycles. The molecule has 39 heavy (non-hydrogen) atoms. The van der Waals surface area contributed by atoms with Crippen molar-refractivity contribution in [2.45, 2.75) is 32.1 Å². The van der Waals surface area contributed by atoms with Crippen LogP contribution in [-0.4, -0.2) is 57.2 Å². The summed E-state index contributed by atoms with van der Waals surface area (Å²) >= 11 is 0. The molecule has 1 saturated heterocycles. The monoisotopic (exact) mass is 527 g/mol. The van der Waals surface area contributed by atoms with Gasteiger partial charge < -0.3 is 24.3 Å². The molecule has 4 aromatic heterocycles. The lowest BCUT2D eigenvalue weighted by molar-refractivity contribution is 0.345. The maximum Gasteiger partial charge on any atom is 0.212 e. The maximum absolute atomic E-state index is 14.4. The molecule has 1 aliphatic heterocycles. The Hall–Kier alpha value is -4.47. The molecule has 1 fully saturated rings. The third kappa shape index (κ3) is 4.45. The summed E-state index contributed by atoms with van der Waals surface area (Å²) in [5.74, 6) is 2.24. The van der Waals surface area contributed by atoms with Crippen LogP contribution < -0.4 is 14.4 Å². The van der Waals surface area contributed by atoms with E-state index in [0.717, 1.165) is 76.8 Å². The molecule has 10 heteroatoms. The second-order valence-corrected chi connectivity index (χ2v) is 10.2. The predicted molar refractivity (Wildman–Crippen MR) is 148 cm³/mol. The van der Waals surface area contributed by atoms with E-state index in [2.05, 4.69) is 42.8 Å². The lowest BCUT2D eigenvalue weighted by Gasteiger charge is -2.38. The van der Waals surface area contributed by atoms with Gasteiger partial charge in [0.05, 0.1) is 31.0 Å². The summed E-state index contributed by atoms with van der Waals surface area (Å²) in [6.07, 6.45) is 5.17. The van der Waals surface area contributed by atoms with Gasteiger partial charge in [-0.3, -0.25) is 0 Å². The molecule has 5 aromatic rings. The first-order valence-corrected chi connectivity index (χ1v) is 12.9. The number of aromatic nitrogens is 6. The van der Waals surface area contributed by atoms with Crippen LogP contribution in [0.1, 0.15) is 31.3 Å². The van der Waals surface area contributed by atoms with Crippen LogP contribution in [0.4, 0.5) is 10.2 Å². The Morgan fingerprint density at radius 3 is 2.44 bits per heavy atom. The standard InChI is InChI=1S/C29H30FN7O2/c1-17-25(18-5-7-23(38-3)21(30)13-18)36-28(34-17)29(2)9-11-37(12-10-29)27-20-14-22(35-26(20)32-16-33-27)19-6-8-24(39-4)31-15-19/h5-8,13-16H,9-12H2,1-4H3,(H,34,36)(H,32,33,35). The third-order valence-corrected chi connectivity index (χ3v) is 7.72. The first kappa shape index (κ1) is 24.8. The van der Waals surface area contributed by atoms with E-state index >= 15 is 0 Å². The molecule has 2 N–H and O–H groups in total. The molecule has 9 nitrogen and oxygen atoms in total. The molecule has 5 heterocycles. The molecule has 0 radical (unpaired) electrons. The van der Waals surface area contributed by atoms with E-state index in [1.165, 1.54) is 13.2 Å². The number of halogens is 1. The summed E-state index contributed by atoms with van der Waals surface area (Å²) in [5, 5.41) is 0.976. The van der Waals surface area contributed by atoms with Gasteiger partial charge in [-0.25, -0.2) is 24.3 Å². The number of H-pyrrole nitrogens is 2. The fourth-order valence-electron chi connectivity index (χ4n) is 5.29. The molecule has 0 spiro atoms. The van der Waals surface area contributed by atoms with Gasteiger partial charge in [0.15, 0.2) is 11.6 Å². The number of piperidine rings is 1. The first-order valence-electron chi connectivity index (χ1n) is 12.9. The SMILES string of the molecule is COc1ccc(-c2cc3c(N4CCC(C)(c5nc(C)c(-c6ccc(OC)c(F)c6)[nH]5)CC4)ncnc3[nH]2)cn1. The average molecular weight is 528 g/mol. The Morgan fingerprint density at radius 1 is 0.949 bits per heavy atom. The summed E-state index contributed by atoms with van der Waals surface area (Å²) in [7, 11) is 3.06. The molecular weight excluding hydrogens is 497 g/mol. The second-order valence-electron chi connectivity index (χ2n) is 10.2. The first-order chi connectivity index (χ1) is 18.9. The van der Waals surface area contributed by atoms with Crippen molar-refractivity contribution in [3.63, 3.8) is 0 Å². The van der Waals surface area contributed by atoms with Crippen LogP contribution in [0.3, 0.4) is 0 Å². The highest BCUT2D eigenvalue weighted by Gasteiger charge is 2.36. The van der Waals surface area contributed by atoms with E-state index in [4.69, 9.17) is 14.5 Å². The zero-order valence-corrected chi connectivity index (χ0v) is 22.4. The van der Waals surface area contributed by atoms with Crippen LogP contribution in [0.2, 0.25) is 0 Å². The van der Waals surface area contributed by atoms with Crippen molar-refractivity contribution in [3.8, 4) is 34.1 Å². The highest BCUT2D eigenvalue weighted by atomic mass is 19.1. The van der Waals surface area contributed by atoms with E-state index in [1.54, 1.807) is 25.7 Å². The van der Waals surface area contributed by atoms with Gasteiger partial charge in [-0.05, 0) is 50.1 Å². The van der Waals surface area contributed by atoms with Gasteiger partial charge in [-0.2, -0.15) is 0 Å². The largest absolute Gasteiger partial charge is 0.494 e. The number of hydrogen-bond acceptors (Lipinski definition) is 7. The molecule has 0 amide bonds. The number of nitrogens with one attached hydrogen (secondary N) is 2. The second kappa shape index (κ2) is 9.68. The lowest BCUT2D eigenvalue weighted by Crippen LogP contribution is -2.42. The maximum atomic E-state index is 14.4. The fourth-order valence-corrected chi connectivity index (χ4v) is 5.29. The molecule has 0 aliphatic carbocycles. The smallest absolute Gasteiger partial charge is 0.212 e. The van der Waals surface area contributed by atoms with Crippen molar-refractivity contribution in [2.24, 2.45) is 0 Å². The minimum absolute atomic E-state index is 0.144. The summed E-state index contributed by atoms with van der Waals surface area (Å²) in [6, 6.07) is 10.9. The van der Waals surface area contributed by atoms with Crippen molar-refractivity contribution in [3.05, 3.63) is 66.3 Å². The fraction of sp³-hybridized carbons (Fsp3) is 0.310. The number of aryl methyl sites for hydroxylation is 1. The molecule has 0 unspecified atom stereocenters. The topological polar surface area (TPSA) is 105 Å². The van der Waals surface area contributed by atoms with E-state index in [-0.39, 0.29) is 11.2 Å². The number of anilines is 1. The highest BCUT2D eigenvalue weighted by Crippen LogP contribution is 2.38. The number of aromatic amines is 2. The van der Waals surface area contributed by atoms with Gasteiger partial charge in [-0.1, -0.05) is 6.92 Å². The van der Waals surface area contributed by atoms with Gasteiger partial charge in [0, 0.05) is 47.6 Å². The molecule has 6 rings (SSSR count). The third-order valence-electron chi connectivity index (χ3n) is 7.72. The van der Waals surface area contributed by atoms with E-state index in [1.807, 2.05) is 25.1 Å². The van der Waals surface area contributed by atoms with Gasteiger partial charge in [0.25, 0.3) is 0 Å². The number of benzene rings is 1. The average Bonchev–Trinajstić information content (AvgIpc) is 3.58. The number of fused-ring (bicyclic) bond motifs is 1. The minimum atomic E-state index is -0.391. The van der Waals surface area contributed by atoms with Crippen molar-refractivity contribution >= 4 is 16.9 Å². The molecular formula is C29H30FN7O2. The Kier molecular flexibility index (Phi) is 6.17. The minimum Gasteiger partial charge on any atom is -0.494 e. The highest BCUT2D eigenvalue weighted by molar-refractivity contribution is 5.91. The summed E-state index contributed by atoms with van der Waals surface area (Å²) in [4.78, 5) is 27.5. The number of ether oxygens (including phenoxy) is 2. The number of rotatable bonds is 6. The van der Waals surface area contributed by atoms with Crippen LogP contribution >= 0.6 is 0 Å². The Balaban J connectivity index is 1.23. The van der Waals surface area contributed by atoms with Crippen molar-refractivity contribution < 1.29 is 13.9 Å².